The van der Waals surface area contributed by atoms with Crippen molar-refractivity contribution < 1.29 is 33.4 Å². The molecule has 12 heteroatoms. The highest BCUT2D eigenvalue weighted by molar-refractivity contribution is 7.13. The molecule has 0 fully saturated rings. The zero-order valence-electron chi connectivity index (χ0n) is 28.2. The number of aromatic nitrogens is 1. The Morgan fingerprint density at radius 1 is 1.00 bits per heavy atom. The van der Waals surface area contributed by atoms with E-state index in [1.54, 1.807) is 68.5 Å². The van der Waals surface area contributed by atoms with E-state index in [9.17, 15) is 19.2 Å². The van der Waals surface area contributed by atoms with Gasteiger partial charge in [0.1, 0.15) is 17.0 Å². The first kappa shape index (κ1) is 35.2. The predicted molar refractivity (Wildman–Crippen MR) is 188 cm³/mol. The second kappa shape index (κ2) is 15.0. The quantitative estimate of drug-likeness (QED) is 0.172. The highest BCUT2D eigenvalue weighted by Crippen LogP contribution is 2.43. The van der Waals surface area contributed by atoms with Crippen molar-refractivity contribution >= 4 is 40.8 Å². The Bertz CT molecular complexity index is 1910. The molecule has 5 rings (SSSR count). The minimum atomic E-state index is -0.778. The van der Waals surface area contributed by atoms with E-state index in [1.807, 2.05) is 18.4 Å². The zero-order chi connectivity index (χ0) is 35.3. The Labute approximate surface area is 289 Å². The highest BCUT2D eigenvalue weighted by atomic mass is 32.1. The standard InChI is InChI=1S/C37H40N4O7S/c1-6-13-39-35(44)29-10-8-24(32(40-29)36(45)46-5)25-19-30-27(33-22(11-14-47-30)12-15-49-33)18-26(25)34(43)41-28-9-7-21(20-38)16-23(28)17-31(42)48-37(2,3)4/h7-10,12,15-16,18-19H,6,11,13-14,17,20,38H2,1-5H3,(H,39,44)(H,41,43). The van der Waals surface area contributed by atoms with Crippen molar-refractivity contribution in [1.29, 1.82) is 0 Å². The molecule has 0 aliphatic carbocycles. The van der Waals surface area contributed by atoms with E-state index in [2.05, 4.69) is 15.6 Å². The zero-order valence-corrected chi connectivity index (χ0v) is 29.0. The third kappa shape index (κ3) is 8.15. The van der Waals surface area contributed by atoms with E-state index in [0.29, 0.717) is 42.1 Å². The summed E-state index contributed by atoms with van der Waals surface area (Å²) in [6.07, 6.45) is 1.31. The molecule has 4 aromatic rings. The van der Waals surface area contributed by atoms with Crippen LogP contribution in [-0.2, 0) is 33.7 Å². The number of rotatable bonds is 10. The molecular weight excluding hydrogens is 644 g/mol. The number of nitrogens with one attached hydrogen (secondary N) is 2. The van der Waals surface area contributed by atoms with Crippen LogP contribution >= 0.6 is 11.3 Å². The van der Waals surface area contributed by atoms with Crippen molar-refractivity contribution in [3.63, 3.8) is 0 Å². The average molecular weight is 685 g/mol. The lowest BCUT2D eigenvalue weighted by Gasteiger charge is -2.21. The van der Waals surface area contributed by atoms with Crippen molar-refractivity contribution in [2.45, 2.75) is 59.1 Å². The van der Waals surface area contributed by atoms with Crippen LogP contribution in [0.5, 0.6) is 5.75 Å². The Kier molecular flexibility index (Phi) is 10.8. The largest absolute Gasteiger partial charge is 0.493 e. The van der Waals surface area contributed by atoms with Crippen LogP contribution in [0.15, 0.2) is 53.9 Å². The van der Waals surface area contributed by atoms with E-state index in [4.69, 9.17) is 19.9 Å². The highest BCUT2D eigenvalue weighted by Gasteiger charge is 2.28. The molecule has 0 radical (unpaired) electrons. The Morgan fingerprint density at radius 3 is 2.51 bits per heavy atom. The van der Waals surface area contributed by atoms with Crippen molar-refractivity contribution in [3.8, 4) is 27.3 Å². The topological polar surface area (TPSA) is 159 Å². The van der Waals surface area contributed by atoms with Crippen LogP contribution in [0, 0.1) is 0 Å². The molecule has 0 atom stereocenters. The van der Waals surface area contributed by atoms with Crippen molar-refractivity contribution in [2.75, 3.05) is 25.6 Å². The molecule has 0 unspecified atom stereocenters. The molecule has 0 saturated heterocycles. The number of anilines is 1. The maximum Gasteiger partial charge on any atom is 0.357 e. The van der Waals surface area contributed by atoms with Gasteiger partial charge in [-0.2, -0.15) is 0 Å². The van der Waals surface area contributed by atoms with Crippen molar-refractivity contribution in [2.24, 2.45) is 5.73 Å². The number of methoxy groups -OCH3 is 1. The average Bonchev–Trinajstić information content (AvgIpc) is 3.47. The van der Waals surface area contributed by atoms with Gasteiger partial charge in [0, 0.05) is 52.3 Å². The summed E-state index contributed by atoms with van der Waals surface area (Å²) in [6.45, 7) is 8.38. The van der Waals surface area contributed by atoms with Gasteiger partial charge in [0.15, 0.2) is 5.69 Å². The third-order valence-corrected chi connectivity index (χ3v) is 8.72. The first-order valence-electron chi connectivity index (χ1n) is 16.0. The summed E-state index contributed by atoms with van der Waals surface area (Å²) >= 11 is 1.54. The van der Waals surface area contributed by atoms with Crippen LogP contribution < -0.4 is 21.1 Å². The number of hydrogen-bond acceptors (Lipinski definition) is 10. The summed E-state index contributed by atoms with van der Waals surface area (Å²) in [5.74, 6) is -1.65. The number of hydrogen-bond donors (Lipinski definition) is 3. The lowest BCUT2D eigenvalue weighted by Crippen LogP contribution is -2.26. The van der Waals surface area contributed by atoms with Crippen LogP contribution in [0.1, 0.15) is 82.1 Å². The number of carbonyl (C=O) groups excluding carboxylic acids is 4. The first-order valence-corrected chi connectivity index (χ1v) is 16.9. The van der Waals surface area contributed by atoms with Crippen molar-refractivity contribution in [3.05, 3.63) is 87.6 Å². The minimum absolute atomic E-state index is 0.0321. The summed E-state index contributed by atoms with van der Waals surface area (Å²) in [5, 5.41) is 7.75. The molecule has 11 nitrogen and oxygen atoms in total. The molecule has 256 valence electrons. The number of nitrogens with two attached hydrogens (primary N) is 1. The number of carbonyl (C=O) groups is 4. The number of esters is 2. The molecule has 2 aromatic carbocycles. The molecule has 2 amide bonds. The molecule has 0 saturated carbocycles. The van der Waals surface area contributed by atoms with Gasteiger partial charge >= 0.3 is 11.9 Å². The smallest absolute Gasteiger partial charge is 0.357 e. The fourth-order valence-electron chi connectivity index (χ4n) is 5.48. The van der Waals surface area contributed by atoms with Crippen LogP contribution in [0.25, 0.3) is 21.6 Å². The van der Waals surface area contributed by atoms with E-state index in [0.717, 1.165) is 28.0 Å². The summed E-state index contributed by atoms with van der Waals surface area (Å²) in [7, 11) is 1.22. The molecule has 0 spiro atoms. The minimum Gasteiger partial charge on any atom is -0.493 e. The maximum absolute atomic E-state index is 14.4. The fraction of sp³-hybridized carbons (Fsp3) is 0.324. The number of benzene rings is 2. The number of ether oxygens (including phenoxy) is 3. The Hall–Kier alpha value is -5.07. The van der Waals surface area contributed by atoms with E-state index in [1.165, 1.54) is 13.2 Å². The third-order valence-electron chi connectivity index (χ3n) is 7.73. The van der Waals surface area contributed by atoms with Crippen LogP contribution in [0.3, 0.4) is 0 Å². The molecule has 1 aliphatic heterocycles. The Morgan fingerprint density at radius 2 is 1.80 bits per heavy atom. The molecule has 1 aliphatic rings. The number of fused-ring (bicyclic) bond motifs is 3. The van der Waals surface area contributed by atoms with Gasteiger partial charge in [-0.3, -0.25) is 14.4 Å². The number of amides is 2. The lowest BCUT2D eigenvalue weighted by atomic mass is 9.93. The second-order valence-electron chi connectivity index (χ2n) is 12.5. The van der Waals surface area contributed by atoms with E-state index in [-0.39, 0.29) is 35.5 Å². The van der Waals surface area contributed by atoms with Gasteiger partial charge in [0.05, 0.1) is 20.1 Å². The normalized spacial score (nSPS) is 12.1. The summed E-state index contributed by atoms with van der Waals surface area (Å²) in [6, 6.07) is 13.8. The molecule has 2 aromatic heterocycles. The van der Waals surface area contributed by atoms with E-state index < -0.39 is 29.4 Å². The molecule has 4 N–H and O–H groups in total. The summed E-state index contributed by atoms with van der Waals surface area (Å²) in [4.78, 5) is 58.6. The van der Waals surface area contributed by atoms with Gasteiger partial charge < -0.3 is 30.6 Å². The van der Waals surface area contributed by atoms with Gasteiger partial charge in [-0.1, -0.05) is 19.1 Å². The van der Waals surface area contributed by atoms with Gasteiger partial charge in [0.2, 0.25) is 0 Å². The number of thiophene rings is 1. The predicted octanol–water partition coefficient (Wildman–Crippen LogP) is 5.93. The maximum atomic E-state index is 14.4. The molecule has 49 heavy (non-hydrogen) atoms. The number of pyridine rings is 1. The molecule has 0 bridgehead atoms. The lowest BCUT2D eigenvalue weighted by molar-refractivity contribution is -0.153. The van der Waals surface area contributed by atoms with Crippen molar-refractivity contribution in [1.82, 2.24) is 10.3 Å². The summed E-state index contributed by atoms with van der Waals surface area (Å²) < 4.78 is 16.8. The molecule has 3 heterocycles. The second-order valence-corrected chi connectivity index (χ2v) is 13.4. The fourth-order valence-corrected chi connectivity index (χ4v) is 6.45. The first-order chi connectivity index (χ1) is 23.4. The van der Waals surface area contributed by atoms with Gasteiger partial charge in [-0.25, -0.2) is 9.78 Å². The molecular formula is C37H40N4O7S. The van der Waals surface area contributed by atoms with Gasteiger partial charge in [0.25, 0.3) is 11.8 Å². The van der Waals surface area contributed by atoms with E-state index >= 15 is 0 Å². The summed E-state index contributed by atoms with van der Waals surface area (Å²) in [5.41, 5.74) is 9.48. The number of nitrogens with zero attached hydrogens (tertiary/aromatic N) is 1. The Balaban J connectivity index is 1.65. The van der Waals surface area contributed by atoms with Crippen LogP contribution in [0.4, 0.5) is 5.69 Å². The monoisotopic (exact) mass is 684 g/mol. The van der Waals surface area contributed by atoms with Crippen LogP contribution in [-0.4, -0.2) is 54.6 Å². The van der Waals surface area contributed by atoms with Gasteiger partial charge in [-0.05, 0) is 85.7 Å². The van der Waals surface area contributed by atoms with Crippen LogP contribution in [0.2, 0.25) is 0 Å². The van der Waals surface area contributed by atoms with Gasteiger partial charge in [-0.15, -0.1) is 11.3 Å². The SMILES string of the molecule is CCCNC(=O)c1ccc(-c2cc3c(cc2C(=O)Nc2ccc(CN)cc2CC(=O)OC(C)(C)C)-c2sccc2CCO3)c(C(=O)OC)n1.